The second-order valence-electron chi connectivity index (χ2n) is 9.13. The Morgan fingerprint density at radius 3 is 2.47 bits per heavy atom. The van der Waals surface area contributed by atoms with Crippen molar-refractivity contribution in [3.63, 3.8) is 0 Å². The lowest BCUT2D eigenvalue weighted by molar-refractivity contribution is 0.306. The molecule has 0 saturated heterocycles. The smallest absolute Gasteiger partial charge is 0.144 e. The van der Waals surface area contributed by atoms with Crippen LogP contribution in [-0.4, -0.2) is 23.6 Å². The SMILES string of the molecule is CCOc1cc2nc(CC)c(C#N)c(Nc3ccc(OCc4ccc(C(C)C)nc4)c(Cl)c3)c2cc1NC. The van der Waals surface area contributed by atoms with Crippen molar-refractivity contribution in [2.45, 2.75) is 46.6 Å². The standard InChI is InChI=1S/C30H32ClN5O2/c1-6-24-22(15-32)30(21-13-27(33-5)29(37-7-2)14-26(21)36-24)35-20-9-11-28(23(31)12-20)38-17-19-8-10-25(18(3)4)34-16-19/h8-14,16,18,33H,6-7,17H2,1-5H3,(H,35,36). The fourth-order valence-corrected chi connectivity index (χ4v) is 4.42. The van der Waals surface area contributed by atoms with Crippen molar-refractivity contribution in [3.05, 3.63) is 76.2 Å². The Bertz CT molecular complexity index is 1480. The maximum Gasteiger partial charge on any atom is 0.144 e. The summed E-state index contributed by atoms with van der Waals surface area (Å²) in [6.07, 6.45) is 2.45. The number of anilines is 3. The Balaban J connectivity index is 1.64. The molecule has 0 radical (unpaired) electrons. The van der Waals surface area contributed by atoms with Gasteiger partial charge < -0.3 is 20.1 Å². The number of halogens is 1. The first-order chi connectivity index (χ1) is 18.4. The van der Waals surface area contributed by atoms with Gasteiger partial charge in [0.15, 0.2) is 0 Å². The van der Waals surface area contributed by atoms with E-state index in [-0.39, 0.29) is 0 Å². The van der Waals surface area contributed by atoms with Gasteiger partial charge in [0.1, 0.15) is 24.2 Å². The van der Waals surface area contributed by atoms with Gasteiger partial charge in [-0.3, -0.25) is 9.97 Å². The molecule has 196 valence electrons. The van der Waals surface area contributed by atoms with Gasteiger partial charge in [0.05, 0.1) is 39.8 Å². The van der Waals surface area contributed by atoms with E-state index in [4.69, 9.17) is 26.1 Å². The maximum atomic E-state index is 10.0. The van der Waals surface area contributed by atoms with Gasteiger partial charge in [-0.2, -0.15) is 5.26 Å². The lowest BCUT2D eigenvalue weighted by Crippen LogP contribution is -2.04. The first kappa shape index (κ1) is 27.0. The van der Waals surface area contributed by atoms with E-state index in [9.17, 15) is 5.26 Å². The second kappa shape index (κ2) is 12.0. The number of benzene rings is 2. The van der Waals surface area contributed by atoms with E-state index in [1.54, 1.807) is 6.07 Å². The van der Waals surface area contributed by atoms with Gasteiger partial charge >= 0.3 is 0 Å². The number of hydrogen-bond donors (Lipinski definition) is 2. The summed E-state index contributed by atoms with van der Waals surface area (Å²) in [5.41, 5.74) is 6.19. The Hall–Kier alpha value is -4.02. The third-order valence-electron chi connectivity index (χ3n) is 6.21. The second-order valence-corrected chi connectivity index (χ2v) is 9.53. The van der Waals surface area contributed by atoms with E-state index >= 15 is 0 Å². The normalized spacial score (nSPS) is 10.9. The quantitative estimate of drug-likeness (QED) is 0.218. The molecule has 2 aromatic carbocycles. The van der Waals surface area contributed by atoms with Crippen LogP contribution in [0.3, 0.4) is 0 Å². The average Bonchev–Trinajstić information content (AvgIpc) is 2.92. The molecule has 0 amide bonds. The summed E-state index contributed by atoms with van der Waals surface area (Å²) in [4.78, 5) is 9.25. The van der Waals surface area contributed by atoms with Crippen LogP contribution in [0.4, 0.5) is 17.1 Å². The zero-order valence-electron chi connectivity index (χ0n) is 22.4. The van der Waals surface area contributed by atoms with Crippen LogP contribution in [0.2, 0.25) is 5.02 Å². The van der Waals surface area contributed by atoms with Crippen molar-refractivity contribution < 1.29 is 9.47 Å². The minimum atomic E-state index is 0.361. The van der Waals surface area contributed by atoms with Gasteiger partial charge in [-0.25, -0.2) is 0 Å². The molecule has 0 aliphatic rings. The van der Waals surface area contributed by atoms with Gasteiger partial charge in [0, 0.05) is 41.6 Å². The number of pyridine rings is 2. The van der Waals surface area contributed by atoms with Gasteiger partial charge in [0.25, 0.3) is 0 Å². The molecule has 0 saturated carbocycles. The molecular weight excluding hydrogens is 498 g/mol. The molecule has 2 aromatic heterocycles. The molecule has 8 heteroatoms. The van der Waals surface area contributed by atoms with Crippen LogP contribution in [0.15, 0.2) is 48.7 Å². The van der Waals surface area contributed by atoms with E-state index in [2.05, 4.69) is 35.5 Å². The summed E-state index contributed by atoms with van der Waals surface area (Å²) in [5, 5.41) is 17.9. The summed E-state index contributed by atoms with van der Waals surface area (Å²) >= 11 is 6.60. The first-order valence-corrected chi connectivity index (χ1v) is 13.1. The maximum absolute atomic E-state index is 10.0. The molecule has 4 rings (SSSR count). The van der Waals surface area contributed by atoms with Crippen molar-refractivity contribution in [1.82, 2.24) is 9.97 Å². The Kier molecular flexibility index (Phi) is 8.55. The van der Waals surface area contributed by atoms with E-state index in [0.29, 0.717) is 59.0 Å². The predicted molar refractivity (Wildman–Crippen MR) is 154 cm³/mol. The molecule has 0 fully saturated rings. The molecule has 38 heavy (non-hydrogen) atoms. The number of rotatable bonds is 10. The van der Waals surface area contributed by atoms with Crippen LogP contribution in [0.1, 0.15) is 56.1 Å². The number of ether oxygens (including phenoxy) is 2. The molecule has 0 aliphatic carbocycles. The van der Waals surface area contributed by atoms with Crippen LogP contribution in [0.5, 0.6) is 11.5 Å². The summed E-state index contributed by atoms with van der Waals surface area (Å²) in [5.74, 6) is 1.66. The summed E-state index contributed by atoms with van der Waals surface area (Å²) in [6.45, 7) is 9.05. The first-order valence-electron chi connectivity index (χ1n) is 12.7. The number of aryl methyl sites for hydroxylation is 1. The van der Waals surface area contributed by atoms with E-state index < -0.39 is 0 Å². The average molecular weight is 530 g/mol. The Morgan fingerprint density at radius 2 is 1.87 bits per heavy atom. The highest BCUT2D eigenvalue weighted by molar-refractivity contribution is 6.32. The lowest BCUT2D eigenvalue weighted by Gasteiger charge is -2.18. The Morgan fingerprint density at radius 1 is 1.05 bits per heavy atom. The monoisotopic (exact) mass is 529 g/mol. The van der Waals surface area contributed by atoms with Crippen LogP contribution in [0, 0.1) is 11.3 Å². The van der Waals surface area contributed by atoms with E-state index in [0.717, 1.165) is 33.5 Å². The van der Waals surface area contributed by atoms with Crippen LogP contribution < -0.4 is 20.1 Å². The lowest BCUT2D eigenvalue weighted by atomic mass is 10.0. The number of hydrogen-bond acceptors (Lipinski definition) is 7. The summed E-state index contributed by atoms with van der Waals surface area (Å²) in [6, 6.07) is 15.7. The third-order valence-corrected chi connectivity index (χ3v) is 6.51. The highest BCUT2D eigenvalue weighted by atomic mass is 35.5. The van der Waals surface area contributed by atoms with Crippen molar-refractivity contribution in [2.24, 2.45) is 0 Å². The molecule has 0 spiro atoms. The molecule has 0 aliphatic heterocycles. The largest absolute Gasteiger partial charge is 0.492 e. The van der Waals surface area contributed by atoms with Gasteiger partial charge in [0.2, 0.25) is 0 Å². The number of fused-ring (bicyclic) bond motifs is 1. The van der Waals surface area contributed by atoms with Crippen molar-refractivity contribution in [3.8, 4) is 17.6 Å². The zero-order valence-corrected chi connectivity index (χ0v) is 23.1. The fraction of sp³-hybridized carbons (Fsp3) is 0.300. The third kappa shape index (κ3) is 5.76. The van der Waals surface area contributed by atoms with E-state index in [1.165, 1.54) is 0 Å². The molecular formula is C30H32ClN5O2. The van der Waals surface area contributed by atoms with Crippen LogP contribution in [0.25, 0.3) is 10.9 Å². The molecule has 7 nitrogen and oxygen atoms in total. The zero-order chi connectivity index (χ0) is 27.2. The van der Waals surface area contributed by atoms with Crippen molar-refractivity contribution >= 4 is 39.6 Å². The molecule has 0 atom stereocenters. The van der Waals surface area contributed by atoms with Gasteiger partial charge in [-0.1, -0.05) is 38.4 Å². The summed E-state index contributed by atoms with van der Waals surface area (Å²) in [7, 11) is 1.84. The van der Waals surface area contributed by atoms with Crippen molar-refractivity contribution in [1.29, 1.82) is 5.26 Å². The topological polar surface area (TPSA) is 92.1 Å². The molecule has 2 N–H and O–H groups in total. The molecule has 0 unspecified atom stereocenters. The van der Waals surface area contributed by atoms with Crippen LogP contribution >= 0.6 is 11.6 Å². The highest BCUT2D eigenvalue weighted by Gasteiger charge is 2.18. The molecule has 4 aromatic rings. The predicted octanol–water partition coefficient (Wildman–Crippen LogP) is 7.60. The minimum absolute atomic E-state index is 0.361. The molecule has 0 bridgehead atoms. The minimum Gasteiger partial charge on any atom is -0.492 e. The number of nitrogens with zero attached hydrogens (tertiary/aromatic N) is 3. The molecule has 2 heterocycles. The van der Waals surface area contributed by atoms with Crippen LogP contribution in [-0.2, 0) is 13.0 Å². The highest BCUT2D eigenvalue weighted by Crippen LogP contribution is 2.38. The Labute approximate surface area is 228 Å². The van der Waals surface area contributed by atoms with Gasteiger partial charge in [-0.05, 0) is 49.6 Å². The van der Waals surface area contributed by atoms with Gasteiger partial charge in [-0.15, -0.1) is 0 Å². The fourth-order valence-electron chi connectivity index (χ4n) is 4.18. The number of nitriles is 1. The summed E-state index contributed by atoms with van der Waals surface area (Å²) < 4.78 is 11.8. The number of aromatic nitrogens is 2. The van der Waals surface area contributed by atoms with Crippen molar-refractivity contribution in [2.75, 3.05) is 24.3 Å². The van der Waals surface area contributed by atoms with E-state index in [1.807, 2.05) is 63.5 Å². The number of nitrogens with one attached hydrogen (secondary N) is 2.